The molecule has 0 aliphatic rings. The van der Waals surface area contributed by atoms with Gasteiger partial charge in [0.1, 0.15) is 13.2 Å². The predicted octanol–water partition coefficient (Wildman–Crippen LogP) is 1.55. The lowest BCUT2D eigenvalue weighted by atomic mass is 10.2. The van der Waals surface area contributed by atoms with Crippen molar-refractivity contribution in [1.29, 1.82) is 0 Å². The summed E-state index contributed by atoms with van der Waals surface area (Å²) in [6.45, 7) is 11.9. The number of quaternary nitrogens is 1. The molecular weight excluding hydrogens is 216 g/mol. The minimum Gasteiger partial charge on any atom is -0.356 e. The number of aliphatic hydroxyl groups excluding tert-OH is 1. The average molecular weight is 247 g/mol. The lowest BCUT2D eigenvalue weighted by Gasteiger charge is -2.38. The molecule has 0 bridgehead atoms. The van der Waals surface area contributed by atoms with Gasteiger partial charge in [0.25, 0.3) is 0 Å². The van der Waals surface area contributed by atoms with Crippen LogP contribution in [0.1, 0.15) is 40.0 Å². The fraction of sp³-hybridized carbons (Fsp3) is 1.00. The van der Waals surface area contributed by atoms with Gasteiger partial charge < -0.3 is 14.3 Å². The van der Waals surface area contributed by atoms with E-state index >= 15 is 0 Å². The van der Waals surface area contributed by atoms with Crippen LogP contribution in [0.2, 0.25) is 0 Å². The molecule has 0 aromatic carbocycles. The van der Waals surface area contributed by atoms with Gasteiger partial charge in [0.2, 0.25) is 6.41 Å². The summed E-state index contributed by atoms with van der Waals surface area (Å²) < 4.78 is 6.42. The molecule has 104 valence electrons. The van der Waals surface area contributed by atoms with Crippen molar-refractivity contribution in [3.8, 4) is 0 Å². The molecule has 0 amide bonds. The van der Waals surface area contributed by atoms with Crippen LogP contribution in [0.3, 0.4) is 0 Å². The van der Waals surface area contributed by atoms with Gasteiger partial charge in [0, 0.05) is 0 Å². The molecule has 4 heteroatoms. The largest absolute Gasteiger partial charge is 0.356 e. The second-order valence-electron chi connectivity index (χ2n) is 4.69. The Morgan fingerprint density at radius 3 is 2.29 bits per heavy atom. The van der Waals surface area contributed by atoms with Gasteiger partial charge in [-0.3, -0.25) is 5.32 Å². The molecule has 0 rings (SSSR count). The standard InChI is InChI=1S/C13H31N2O2/c1-5-8-10-15(7-3,9-6-2)11-12-17-13(16)14-4/h13-14,16H,5-12H2,1-4H3/q+1. The van der Waals surface area contributed by atoms with E-state index < -0.39 is 6.41 Å². The number of ether oxygens (including phenoxy) is 1. The molecule has 0 saturated carbocycles. The summed E-state index contributed by atoms with van der Waals surface area (Å²) in [7, 11) is 1.69. The van der Waals surface area contributed by atoms with Crippen LogP contribution in [-0.4, -0.2) is 55.8 Å². The first-order valence-electron chi connectivity index (χ1n) is 6.96. The third kappa shape index (κ3) is 6.99. The minimum absolute atomic E-state index is 0.611. The number of unbranched alkanes of at least 4 members (excludes halogenated alkanes) is 1. The van der Waals surface area contributed by atoms with Crippen molar-refractivity contribution in [2.24, 2.45) is 0 Å². The highest BCUT2D eigenvalue weighted by molar-refractivity contribution is 4.45. The number of aliphatic hydroxyl groups is 1. The third-order valence-electron chi connectivity index (χ3n) is 3.44. The Kier molecular flexibility index (Phi) is 9.74. The Hall–Kier alpha value is -0.160. The van der Waals surface area contributed by atoms with Gasteiger partial charge in [-0.2, -0.15) is 0 Å². The van der Waals surface area contributed by atoms with Crippen LogP contribution in [0, 0.1) is 0 Å². The summed E-state index contributed by atoms with van der Waals surface area (Å²) in [5, 5.41) is 12.0. The number of likely N-dealkylation sites (N-methyl/N-ethyl adjacent to an activating group) is 1. The first-order valence-corrected chi connectivity index (χ1v) is 6.96. The molecule has 0 spiro atoms. The van der Waals surface area contributed by atoms with E-state index in [4.69, 9.17) is 4.74 Å². The fourth-order valence-electron chi connectivity index (χ4n) is 2.22. The summed E-state index contributed by atoms with van der Waals surface area (Å²) >= 11 is 0. The Morgan fingerprint density at radius 2 is 1.82 bits per heavy atom. The molecule has 0 heterocycles. The van der Waals surface area contributed by atoms with Crippen LogP contribution in [0.25, 0.3) is 0 Å². The predicted molar refractivity (Wildman–Crippen MR) is 71.6 cm³/mol. The molecule has 2 atom stereocenters. The summed E-state index contributed by atoms with van der Waals surface area (Å²) in [5.74, 6) is 0. The molecule has 0 aliphatic carbocycles. The minimum atomic E-state index is -0.832. The summed E-state index contributed by atoms with van der Waals surface area (Å²) in [4.78, 5) is 0. The molecule has 0 aromatic rings. The molecular formula is C13H31N2O2+. The molecule has 0 saturated heterocycles. The van der Waals surface area contributed by atoms with Crippen molar-refractivity contribution in [3.63, 3.8) is 0 Å². The van der Waals surface area contributed by atoms with Crippen molar-refractivity contribution in [2.45, 2.75) is 46.4 Å². The third-order valence-corrected chi connectivity index (χ3v) is 3.44. The molecule has 0 aromatic heterocycles. The topological polar surface area (TPSA) is 41.5 Å². The maximum Gasteiger partial charge on any atom is 0.213 e. The van der Waals surface area contributed by atoms with Gasteiger partial charge >= 0.3 is 0 Å². The van der Waals surface area contributed by atoms with Crippen molar-refractivity contribution in [3.05, 3.63) is 0 Å². The van der Waals surface area contributed by atoms with E-state index in [1.807, 2.05) is 0 Å². The number of rotatable bonds is 11. The molecule has 0 radical (unpaired) electrons. The van der Waals surface area contributed by atoms with Crippen molar-refractivity contribution >= 4 is 0 Å². The first kappa shape index (κ1) is 16.8. The summed E-state index contributed by atoms with van der Waals surface area (Å²) in [6, 6.07) is 0. The second-order valence-corrected chi connectivity index (χ2v) is 4.69. The van der Waals surface area contributed by atoms with E-state index in [1.54, 1.807) is 7.05 Å². The molecule has 4 nitrogen and oxygen atoms in total. The van der Waals surface area contributed by atoms with Crippen LogP contribution in [0.15, 0.2) is 0 Å². The maximum absolute atomic E-state index is 9.29. The zero-order chi connectivity index (χ0) is 13.1. The number of nitrogens with zero attached hydrogens (tertiary/aromatic N) is 1. The van der Waals surface area contributed by atoms with Gasteiger partial charge in [0.05, 0.1) is 19.6 Å². The lowest BCUT2D eigenvalue weighted by Crippen LogP contribution is -2.51. The van der Waals surface area contributed by atoms with E-state index in [1.165, 1.54) is 32.4 Å². The van der Waals surface area contributed by atoms with Crippen LogP contribution < -0.4 is 5.32 Å². The number of hydrogen-bond acceptors (Lipinski definition) is 3. The first-order chi connectivity index (χ1) is 8.14. The highest BCUT2D eigenvalue weighted by Gasteiger charge is 2.23. The molecule has 2 unspecified atom stereocenters. The smallest absolute Gasteiger partial charge is 0.213 e. The average Bonchev–Trinajstić information content (AvgIpc) is 2.35. The van der Waals surface area contributed by atoms with Crippen LogP contribution in [0.5, 0.6) is 0 Å². The highest BCUT2D eigenvalue weighted by atomic mass is 16.6. The number of hydrogen-bond donors (Lipinski definition) is 2. The van der Waals surface area contributed by atoms with Gasteiger partial charge in [-0.1, -0.05) is 20.3 Å². The normalized spacial score (nSPS) is 16.8. The van der Waals surface area contributed by atoms with Crippen molar-refractivity contribution < 1.29 is 14.3 Å². The van der Waals surface area contributed by atoms with Crippen LogP contribution in [-0.2, 0) is 4.74 Å². The SMILES string of the molecule is CCCC[N+](CC)(CCC)CCOC(O)NC. The van der Waals surface area contributed by atoms with E-state index in [2.05, 4.69) is 26.1 Å². The van der Waals surface area contributed by atoms with E-state index in [0.717, 1.165) is 17.6 Å². The molecule has 0 fully saturated rings. The molecule has 2 N–H and O–H groups in total. The van der Waals surface area contributed by atoms with Crippen LogP contribution in [0.4, 0.5) is 0 Å². The van der Waals surface area contributed by atoms with E-state index in [-0.39, 0.29) is 0 Å². The Morgan fingerprint density at radius 1 is 1.12 bits per heavy atom. The fourth-order valence-corrected chi connectivity index (χ4v) is 2.22. The zero-order valence-corrected chi connectivity index (χ0v) is 12.0. The van der Waals surface area contributed by atoms with Gasteiger partial charge in [-0.25, -0.2) is 0 Å². The molecule has 17 heavy (non-hydrogen) atoms. The quantitative estimate of drug-likeness (QED) is 0.430. The monoisotopic (exact) mass is 247 g/mol. The maximum atomic E-state index is 9.29. The van der Waals surface area contributed by atoms with Crippen molar-refractivity contribution in [1.82, 2.24) is 5.32 Å². The van der Waals surface area contributed by atoms with Crippen LogP contribution >= 0.6 is 0 Å². The zero-order valence-electron chi connectivity index (χ0n) is 12.0. The van der Waals surface area contributed by atoms with E-state index in [9.17, 15) is 5.11 Å². The summed E-state index contributed by atoms with van der Waals surface area (Å²) in [6.07, 6.45) is 2.87. The van der Waals surface area contributed by atoms with Gasteiger partial charge in [-0.05, 0) is 26.8 Å². The Bertz CT molecular complexity index is 179. The second kappa shape index (κ2) is 9.83. The Balaban J connectivity index is 4.15. The van der Waals surface area contributed by atoms with Crippen molar-refractivity contribution in [2.75, 3.05) is 39.8 Å². The number of nitrogens with one attached hydrogen (secondary N) is 1. The highest BCUT2D eigenvalue weighted by Crippen LogP contribution is 2.11. The van der Waals surface area contributed by atoms with Gasteiger partial charge in [-0.15, -0.1) is 0 Å². The summed E-state index contributed by atoms with van der Waals surface area (Å²) in [5.41, 5.74) is 0. The molecule has 0 aliphatic heterocycles. The Labute approximate surface area is 107 Å². The lowest BCUT2D eigenvalue weighted by molar-refractivity contribution is -0.927. The van der Waals surface area contributed by atoms with E-state index in [0.29, 0.717) is 6.61 Å². The van der Waals surface area contributed by atoms with Gasteiger partial charge in [0.15, 0.2) is 0 Å².